The Bertz CT molecular complexity index is 1260. The van der Waals surface area contributed by atoms with Crippen LogP contribution in [0.15, 0.2) is 42.5 Å². The maximum atomic E-state index is 13.2. The maximum absolute atomic E-state index is 13.2. The molecule has 3 aromatic rings. The van der Waals surface area contributed by atoms with Crippen molar-refractivity contribution in [2.75, 3.05) is 26.1 Å². The van der Waals surface area contributed by atoms with Gasteiger partial charge in [-0.05, 0) is 49.1 Å². The van der Waals surface area contributed by atoms with Gasteiger partial charge in [0.15, 0.2) is 0 Å². The molecular weight excluding hydrogens is 406 g/mol. The summed E-state index contributed by atoms with van der Waals surface area (Å²) < 4.78 is 10.7. The highest BCUT2D eigenvalue weighted by Crippen LogP contribution is 2.56. The summed E-state index contributed by atoms with van der Waals surface area (Å²) in [6.45, 7) is 0.637. The lowest BCUT2D eigenvalue weighted by molar-refractivity contribution is -0.133. The molecule has 1 saturated heterocycles. The van der Waals surface area contributed by atoms with E-state index in [-0.39, 0.29) is 18.0 Å². The number of amides is 1. The van der Waals surface area contributed by atoms with Gasteiger partial charge in [-0.1, -0.05) is 18.2 Å². The monoisotopic (exact) mass is 431 g/mol. The predicted molar refractivity (Wildman–Crippen MR) is 120 cm³/mol. The molecule has 0 radical (unpaired) electrons. The number of nitrogens with one attached hydrogen (secondary N) is 2. The van der Waals surface area contributed by atoms with Crippen molar-refractivity contribution < 1.29 is 19.1 Å². The topological polar surface area (TPSA) is 83.7 Å². The second kappa shape index (κ2) is 6.76. The number of methoxy groups -OCH3 is 2. The molecule has 32 heavy (non-hydrogen) atoms. The third-order valence-electron chi connectivity index (χ3n) is 7.28. The predicted octanol–water partition coefficient (Wildman–Crippen LogP) is 3.64. The van der Waals surface area contributed by atoms with Gasteiger partial charge in [0.05, 0.1) is 19.6 Å². The fraction of sp³-hybridized carbons (Fsp3) is 0.360. The van der Waals surface area contributed by atoms with E-state index in [4.69, 9.17) is 9.47 Å². The third-order valence-corrected chi connectivity index (χ3v) is 7.28. The Morgan fingerprint density at radius 1 is 1.12 bits per heavy atom. The first-order valence-corrected chi connectivity index (χ1v) is 11.0. The first-order chi connectivity index (χ1) is 15.6. The summed E-state index contributed by atoms with van der Waals surface area (Å²) in [5.74, 6) is 0.624. The van der Waals surface area contributed by atoms with Gasteiger partial charge in [0.1, 0.15) is 17.6 Å². The van der Waals surface area contributed by atoms with E-state index < -0.39 is 11.4 Å². The van der Waals surface area contributed by atoms with Gasteiger partial charge >= 0.3 is 5.97 Å². The molecule has 0 spiro atoms. The zero-order valence-corrected chi connectivity index (χ0v) is 18.1. The number of H-pyrrole nitrogens is 1. The van der Waals surface area contributed by atoms with Crippen molar-refractivity contribution >= 4 is 28.5 Å². The normalized spacial score (nSPS) is 23.6. The van der Waals surface area contributed by atoms with E-state index in [9.17, 15) is 9.59 Å². The van der Waals surface area contributed by atoms with E-state index in [1.54, 1.807) is 7.11 Å². The van der Waals surface area contributed by atoms with E-state index in [0.717, 1.165) is 40.6 Å². The molecule has 7 heteroatoms. The van der Waals surface area contributed by atoms with Crippen molar-refractivity contribution in [2.45, 2.75) is 30.8 Å². The number of aromatic amines is 1. The lowest BCUT2D eigenvalue weighted by Gasteiger charge is -2.33. The van der Waals surface area contributed by atoms with Crippen molar-refractivity contribution in [3.63, 3.8) is 0 Å². The second-order valence-electron chi connectivity index (χ2n) is 8.90. The van der Waals surface area contributed by atoms with E-state index in [1.807, 2.05) is 41.3 Å². The molecule has 2 N–H and O–H groups in total. The van der Waals surface area contributed by atoms with Crippen LogP contribution in [-0.4, -0.2) is 48.7 Å². The first kappa shape index (κ1) is 19.2. The highest BCUT2D eigenvalue weighted by Gasteiger charge is 2.59. The standard InChI is InChI=1S/C25H25N3O4/c1-31-15-9-10-18-16(13-15)20(21(26-18)23(30)32-2)25-11-12-28(22(29)14-7-8-14)24(25)27-19-6-4-3-5-17(19)25/h3-6,9-10,13-14,24,26-27H,7-8,11-12H2,1-2H3/t24-,25-/m1/s1. The minimum absolute atomic E-state index is 0.124. The molecule has 0 unspecified atom stereocenters. The van der Waals surface area contributed by atoms with E-state index in [1.165, 1.54) is 7.11 Å². The van der Waals surface area contributed by atoms with Gasteiger partial charge < -0.3 is 24.7 Å². The molecule has 3 aliphatic rings. The number of para-hydroxylation sites is 1. The molecular formula is C25H25N3O4. The number of hydrogen-bond donors (Lipinski definition) is 2. The quantitative estimate of drug-likeness (QED) is 0.616. The molecule has 1 saturated carbocycles. The Labute approximate surface area is 185 Å². The Hall–Kier alpha value is -3.48. The molecule has 1 aliphatic carbocycles. The Morgan fingerprint density at radius 2 is 1.94 bits per heavy atom. The van der Waals surface area contributed by atoms with Crippen molar-refractivity contribution in [3.8, 4) is 5.75 Å². The second-order valence-corrected chi connectivity index (χ2v) is 8.90. The maximum Gasteiger partial charge on any atom is 0.354 e. The fourth-order valence-electron chi connectivity index (χ4n) is 5.67. The number of nitrogens with zero attached hydrogens (tertiary/aromatic N) is 1. The number of fused-ring (bicyclic) bond motifs is 4. The molecule has 6 rings (SSSR count). The van der Waals surface area contributed by atoms with Crippen LogP contribution >= 0.6 is 0 Å². The Balaban J connectivity index is 1.64. The number of hydrogen-bond acceptors (Lipinski definition) is 5. The number of aromatic nitrogens is 1. The number of ether oxygens (including phenoxy) is 2. The molecule has 164 valence electrons. The Kier molecular flexibility index (Phi) is 4.06. The van der Waals surface area contributed by atoms with Gasteiger partial charge in [-0.25, -0.2) is 4.79 Å². The molecule has 2 atom stereocenters. The summed E-state index contributed by atoms with van der Waals surface area (Å²) in [5.41, 5.74) is 3.66. The number of esters is 1. The van der Waals surface area contributed by atoms with Gasteiger partial charge in [-0.3, -0.25) is 4.79 Å². The fourth-order valence-corrected chi connectivity index (χ4v) is 5.67. The van der Waals surface area contributed by atoms with Gasteiger partial charge in [0, 0.05) is 34.6 Å². The van der Waals surface area contributed by atoms with Gasteiger partial charge in [-0.2, -0.15) is 0 Å². The lowest BCUT2D eigenvalue weighted by atomic mass is 9.72. The highest BCUT2D eigenvalue weighted by molar-refractivity contribution is 6.01. The van der Waals surface area contributed by atoms with Crippen molar-refractivity contribution in [3.05, 3.63) is 59.3 Å². The van der Waals surface area contributed by atoms with Gasteiger partial charge in [0.2, 0.25) is 5.91 Å². The zero-order chi connectivity index (χ0) is 22.0. The minimum atomic E-state index is -0.574. The first-order valence-electron chi connectivity index (χ1n) is 11.0. The number of anilines is 1. The molecule has 1 amide bonds. The van der Waals surface area contributed by atoms with Crippen molar-refractivity contribution in [1.29, 1.82) is 0 Å². The SMILES string of the molecule is COC(=O)c1[nH]c2ccc(OC)cc2c1[C@]12CCN(C(=O)C3CC3)[C@H]1Nc1ccccc12. The summed E-state index contributed by atoms with van der Waals surface area (Å²) in [4.78, 5) is 31.5. The van der Waals surface area contributed by atoms with Crippen LogP contribution in [-0.2, 0) is 14.9 Å². The molecule has 0 bridgehead atoms. The number of likely N-dealkylation sites (tertiary alicyclic amines) is 1. The molecule has 2 aliphatic heterocycles. The van der Waals surface area contributed by atoms with Crippen LogP contribution in [0.2, 0.25) is 0 Å². The van der Waals surface area contributed by atoms with E-state index in [2.05, 4.69) is 16.4 Å². The number of rotatable bonds is 4. The summed E-state index contributed by atoms with van der Waals surface area (Å²) in [6, 6.07) is 13.9. The van der Waals surface area contributed by atoms with Crippen LogP contribution in [0.5, 0.6) is 5.75 Å². The number of benzene rings is 2. The van der Waals surface area contributed by atoms with Crippen LogP contribution in [0.3, 0.4) is 0 Å². The van der Waals surface area contributed by atoms with E-state index in [0.29, 0.717) is 24.4 Å². The molecule has 2 fully saturated rings. The average Bonchev–Trinajstić information content (AvgIpc) is 3.40. The summed E-state index contributed by atoms with van der Waals surface area (Å²) in [5, 5.41) is 4.54. The van der Waals surface area contributed by atoms with Gasteiger partial charge in [0.25, 0.3) is 0 Å². The van der Waals surface area contributed by atoms with E-state index >= 15 is 0 Å². The number of carbonyl (C=O) groups excluding carboxylic acids is 2. The smallest absolute Gasteiger partial charge is 0.354 e. The average molecular weight is 431 g/mol. The van der Waals surface area contributed by atoms with Crippen LogP contribution in [0, 0.1) is 5.92 Å². The van der Waals surface area contributed by atoms with Crippen molar-refractivity contribution in [1.82, 2.24) is 9.88 Å². The molecule has 3 heterocycles. The largest absolute Gasteiger partial charge is 0.497 e. The molecule has 7 nitrogen and oxygen atoms in total. The van der Waals surface area contributed by atoms with Crippen LogP contribution < -0.4 is 10.1 Å². The Morgan fingerprint density at radius 3 is 2.69 bits per heavy atom. The van der Waals surface area contributed by atoms with Crippen LogP contribution in [0.25, 0.3) is 10.9 Å². The minimum Gasteiger partial charge on any atom is -0.497 e. The lowest BCUT2D eigenvalue weighted by Crippen LogP contribution is -2.47. The molecule has 2 aromatic carbocycles. The summed E-state index contributed by atoms with van der Waals surface area (Å²) >= 11 is 0. The van der Waals surface area contributed by atoms with Crippen LogP contribution in [0.4, 0.5) is 5.69 Å². The van der Waals surface area contributed by atoms with Gasteiger partial charge in [-0.15, -0.1) is 0 Å². The van der Waals surface area contributed by atoms with Crippen LogP contribution in [0.1, 0.15) is 40.9 Å². The molecule has 1 aromatic heterocycles. The number of carbonyl (C=O) groups is 2. The summed E-state index contributed by atoms with van der Waals surface area (Å²) in [7, 11) is 3.03. The summed E-state index contributed by atoms with van der Waals surface area (Å²) in [6.07, 6.45) is 2.37. The van der Waals surface area contributed by atoms with Crippen molar-refractivity contribution in [2.24, 2.45) is 5.92 Å². The third kappa shape index (κ3) is 2.48. The zero-order valence-electron chi connectivity index (χ0n) is 18.1. The highest BCUT2D eigenvalue weighted by atomic mass is 16.5.